The highest BCUT2D eigenvalue weighted by molar-refractivity contribution is 8.14. The molecule has 2 aromatic heterocycles. The second-order valence-electron chi connectivity index (χ2n) is 14.2. The van der Waals surface area contributed by atoms with Gasteiger partial charge in [0.2, 0.25) is 16.9 Å². The number of allylic oxidation sites excluding steroid dienone is 3. The molecule has 3 heterocycles. The number of imidazole rings is 1. The highest BCUT2D eigenvalue weighted by atomic mass is 32.2. The molecule has 1 aliphatic rings. The molecule has 0 saturated carbocycles. The SMILES string of the molecule is CCCCCC/C=C\C/C=C/C(=O)SCCNC(=O)CCNC(=O)[C@H](O)C(C)(C)COP(=O)(O)OP(=O)(O)OC[C@H]1O[C@@H](n2cnc3c(N)ncnc32)[C@H](O)[C@@H]1OP(=O)(O)O. The number of amides is 2. The van der Waals surface area contributed by atoms with Crippen LogP contribution in [0.1, 0.15) is 71.9 Å². The molecule has 3 rings (SSSR count). The van der Waals surface area contributed by atoms with Crippen molar-refractivity contribution in [3.05, 3.63) is 37.0 Å². The molecule has 0 aliphatic carbocycles. The number of anilines is 1. The van der Waals surface area contributed by atoms with Crippen molar-refractivity contribution in [3.8, 4) is 0 Å². The molecule has 2 amide bonds. The van der Waals surface area contributed by atoms with Crippen molar-refractivity contribution in [1.82, 2.24) is 30.2 Å². The van der Waals surface area contributed by atoms with Gasteiger partial charge in [-0.05, 0) is 25.3 Å². The number of phosphoric acid groups is 3. The third-order valence-electron chi connectivity index (χ3n) is 8.66. The van der Waals surface area contributed by atoms with Crippen LogP contribution in [0.4, 0.5) is 5.82 Å². The molecular formula is C33H54N7O17P3S. The normalized spacial score (nSPS) is 21.1. The van der Waals surface area contributed by atoms with Gasteiger partial charge >= 0.3 is 23.5 Å². The van der Waals surface area contributed by atoms with E-state index in [4.69, 9.17) is 19.5 Å². The number of fused-ring (bicyclic) bond motifs is 1. The van der Waals surface area contributed by atoms with Gasteiger partial charge in [0.05, 0.1) is 19.5 Å². The number of nitrogens with one attached hydrogen (secondary N) is 2. The number of ether oxygens (including phenoxy) is 1. The molecule has 10 N–H and O–H groups in total. The van der Waals surface area contributed by atoms with Gasteiger partial charge in [0.15, 0.2) is 17.7 Å². The second kappa shape index (κ2) is 24.2. The predicted octanol–water partition coefficient (Wildman–Crippen LogP) is 2.14. The zero-order chi connectivity index (χ0) is 45.4. The van der Waals surface area contributed by atoms with Gasteiger partial charge in [0.1, 0.15) is 36.3 Å². The summed E-state index contributed by atoms with van der Waals surface area (Å²) in [6.07, 6.45) is 6.88. The number of carbonyl (C=O) groups excluding carboxylic acids is 3. The van der Waals surface area contributed by atoms with E-state index in [0.717, 1.165) is 41.8 Å². The Morgan fingerprint density at radius 2 is 1.74 bits per heavy atom. The zero-order valence-corrected chi connectivity index (χ0v) is 37.1. The Bertz CT molecular complexity index is 1980. The smallest absolute Gasteiger partial charge is 0.386 e. The van der Waals surface area contributed by atoms with Gasteiger partial charge in [-0.25, -0.2) is 28.6 Å². The molecule has 0 spiro atoms. The monoisotopic (exact) mass is 945 g/mol. The van der Waals surface area contributed by atoms with E-state index in [-0.39, 0.29) is 41.6 Å². The number of nitrogens with two attached hydrogens (primary N) is 1. The minimum atomic E-state index is -5.57. The van der Waals surface area contributed by atoms with Crippen molar-refractivity contribution >= 4 is 69.1 Å². The number of unbranched alkanes of at least 4 members (excludes halogenated alkanes) is 4. The van der Waals surface area contributed by atoms with E-state index in [1.807, 2.05) is 6.08 Å². The van der Waals surface area contributed by atoms with Crippen LogP contribution < -0.4 is 16.4 Å². The van der Waals surface area contributed by atoms with Crippen molar-refractivity contribution in [2.45, 2.75) is 96.4 Å². The summed E-state index contributed by atoms with van der Waals surface area (Å²) in [5.41, 5.74) is 4.27. The molecule has 2 unspecified atom stereocenters. The fourth-order valence-corrected chi connectivity index (χ4v) is 8.90. The summed E-state index contributed by atoms with van der Waals surface area (Å²) >= 11 is 1.04. The number of aliphatic hydroxyl groups excluding tert-OH is 2. The van der Waals surface area contributed by atoms with Crippen molar-refractivity contribution in [2.24, 2.45) is 5.41 Å². The Hall–Kier alpha value is -2.96. The van der Waals surface area contributed by atoms with Crippen LogP contribution in [0.3, 0.4) is 0 Å². The molecule has 1 fully saturated rings. The average molecular weight is 946 g/mol. The molecule has 0 radical (unpaired) electrons. The van der Waals surface area contributed by atoms with E-state index in [2.05, 4.69) is 47.4 Å². The van der Waals surface area contributed by atoms with E-state index in [1.165, 1.54) is 39.2 Å². The summed E-state index contributed by atoms with van der Waals surface area (Å²) in [4.78, 5) is 87.8. The highest BCUT2D eigenvalue weighted by Crippen LogP contribution is 2.61. The van der Waals surface area contributed by atoms with Crippen LogP contribution in [-0.4, -0.2) is 123 Å². The lowest BCUT2D eigenvalue weighted by Gasteiger charge is -2.30. The number of aromatic nitrogens is 4. The van der Waals surface area contributed by atoms with Crippen molar-refractivity contribution in [3.63, 3.8) is 0 Å². The molecule has 1 aliphatic heterocycles. The Balaban J connectivity index is 1.41. The van der Waals surface area contributed by atoms with Gasteiger partial charge in [-0.1, -0.05) is 70.0 Å². The lowest BCUT2D eigenvalue weighted by atomic mass is 9.87. The van der Waals surface area contributed by atoms with Crippen molar-refractivity contribution in [1.29, 1.82) is 0 Å². The lowest BCUT2D eigenvalue weighted by molar-refractivity contribution is -0.137. The van der Waals surface area contributed by atoms with Gasteiger partial charge < -0.3 is 50.9 Å². The Morgan fingerprint density at radius 1 is 1.02 bits per heavy atom. The summed E-state index contributed by atoms with van der Waals surface area (Å²) in [6, 6.07) is 0. The summed E-state index contributed by atoms with van der Waals surface area (Å²) in [7, 11) is -16.4. The number of thioether (sulfide) groups is 1. The van der Waals surface area contributed by atoms with Crippen LogP contribution >= 0.6 is 35.2 Å². The van der Waals surface area contributed by atoms with Crippen LogP contribution in [0.2, 0.25) is 0 Å². The number of nitrogen functional groups attached to an aromatic ring is 1. The van der Waals surface area contributed by atoms with Gasteiger partial charge in [0, 0.05) is 30.7 Å². The van der Waals surface area contributed by atoms with E-state index >= 15 is 0 Å². The van der Waals surface area contributed by atoms with Gasteiger partial charge in [0.25, 0.3) is 0 Å². The molecule has 7 atom stereocenters. The fourth-order valence-electron chi connectivity index (χ4n) is 5.48. The first-order valence-corrected chi connectivity index (χ1v) is 24.4. The molecular weight excluding hydrogens is 891 g/mol. The minimum absolute atomic E-state index is 0.0304. The largest absolute Gasteiger partial charge is 0.481 e. The standard InChI is InChI=1S/C33H54N7O17P3S/c1-4-5-6-7-8-9-10-11-12-13-24(42)61-17-16-35-23(41)14-15-36-31(45)28(44)33(2,3)19-54-60(51,52)57-59(49,50)53-18-22-27(56-58(46,47)48)26(43)32(55-22)40-21-39-25-29(34)37-20-38-30(25)40/h9-10,12-13,20-22,26-28,32,43-44H,4-8,11,14-19H2,1-3H3,(H,35,41)(H,36,45)(H,49,50)(H,51,52)(H2,34,37,38)(H2,46,47,48)/b10-9-,13-12+/t22-,26-,27-,28+,32-/m1/s1. The third kappa shape index (κ3) is 18.0. The Kier molecular flexibility index (Phi) is 20.8. The summed E-state index contributed by atoms with van der Waals surface area (Å²) < 4.78 is 62.2. The van der Waals surface area contributed by atoms with Crippen LogP contribution in [0.25, 0.3) is 11.2 Å². The van der Waals surface area contributed by atoms with E-state index < -0.39 is 84.6 Å². The first kappa shape index (κ1) is 52.4. The van der Waals surface area contributed by atoms with E-state index in [0.29, 0.717) is 12.2 Å². The number of rotatable bonds is 27. The zero-order valence-electron chi connectivity index (χ0n) is 33.6. The molecule has 344 valence electrons. The van der Waals surface area contributed by atoms with E-state index in [1.54, 1.807) is 6.08 Å². The van der Waals surface area contributed by atoms with Crippen molar-refractivity contribution in [2.75, 3.05) is 37.8 Å². The Labute approximate surface area is 355 Å². The average Bonchev–Trinajstić information content (AvgIpc) is 3.73. The minimum Gasteiger partial charge on any atom is -0.386 e. The maximum atomic E-state index is 12.7. The van der Waals surface area contributed by atoms with Crippen LogP contribution in [0, 0.1) is 5.41 Å². The molecule has 28 heteroatoms. The van der Waals surface area contributed by atoms with Crippen LogP contribution in [0.5, 0.6) is 0 Å². The van der Waals surface area contributed by atoms with Crippen LogP contribution in [-0.2, 0) is 50.7 Å². The van der Waals surface area contributed by atoms with Crippen molar-refractivity contribution < 1.29 is 80.5 Å². The molecule has 1 saturated heterocycles. The van der Waals surface area contributed by atoms with E-state index in [9.17, 15) is 57.9 Å². The van der Waals surface area contributed by atoms with Crippen LogP contribution in [0.15, 0.2) is 37.0 Å². The summed E-state index contributed by atoms with van der Waals surface area (Å²) in [5, 5.41) is 26.3. The molecule has 2 aromatic rings. The third-order valence-corrected chi connectivity index (χ3v) is 12.6. The molecule has 0 bridgehead atoms. The van der Waals surface area contributed by atoms with Gasteiger partial charge in [-0.3, -0.25) is 32.5 Å². The summed E-state index contributed by atoms with van der Waals surface area (Å²) in [5.74, 6) is -1.13. The maximum Gasteiger partial charge on any atom is 0.481 e. The number of phosphoric ester groups is 3. The molecule has 24 nitrogen and oxygen atoms in total. The molecule has 61 heavy (non-hydrogen) atoms. The second-order valence-corrected chi connectivity index (χ2v) is 19.5. The topological polar surface area (TPSA) is 364 Å². The maximum absolute atomic E-state index is 12.7. The lowest BCUT2D eigenvalue weighted by Crippen LogP contribution is -2.46. The number of hydrogen-bond acceptors (Lipinski definition) is 18. The number of carbonyl (C=O) groups is 3. The predicted molar refractivity (Wildman–Crippen MR) is 219 cm³/mol. The summed E-state index contributed by atoms with van der Waals surface area (Å²) in [6.45, 7) is 2.64. The number of aliphatic hydroxyl groups is 2. The Morgan fingerprint density at radius 3 is 2.44 bits per heavy atom. The quantitative estimate of drug-likeness (QED) is 0.0268. The number of nitrogens with zero attached hydrogens (tertiary/aromatic N) is 4. The number of hydrogen-bond donors (Lipinski definition) is 9. The first-order chi connectivity index (χ1) is 28.6. The molecule has 0 aromatic carbocycles. The first-order valence-electron chi connectivity index (χ1n) is 18.9. The van der Waals surface area contributed by atoms with Gasteiger partial charge in [-0.2, -0.15) is 4.31 Å². The highest BCUT2D eigenvalue weighted by Gasteiger charge is 2.50. The fraction of sp³-hybridized carbons (Fsp3) is 0.636. The van der Waals surface area contributed by atoms with Gasteiger partial charge in [-0.15, -0.1) is 0 Å².